The lowest BCUT2D eigenvalue weighted by atomic mass is 10.0. The number of aryl methyl sites for hydroxylation is 1. The molecule has 2 atom stereocenters. The monoisotopic (exact) mass is 278 g/mol. The zero-order valence-electron chi connectivity index (χ0n) is 12.4. The molecular formula is C16H23FN2O. The number of carbonyl (C=O) groups excluding carboxylic acids is 1. The maximum atomic E-state index is 13.7. The maximum absolute atomic E-state index is 13.7. The van der Waals surface area contributed by atoms with E-state index >= 15 is 0 Å². The summed E-state index contributed by atoms with van der Waals surface area (Å²) < 4.78 is 13.7. The Morgan fingerprint density at radius 1 is 1.50 bits per heavy atom. The van der Waals surface area contributed by atoms with E-state index < -0.39 is 0 Å². The molecule has 0 aliphatic carbocycles. The van der Waals surface area contributed by atoms with E-state index in [2.05, 4.69) is 12.2 Å². The first-order valence-electron chi connectivity index (χ1n) is 7.34. The van der Waals surface area contributed by atoms with Gasteiger partial charge in [-0.1, -0.05) is 19.1 Å². The molecule has 0 aromatic heterocycles. The van der Waals surface area contributed by atoms with Crippen LogP contribution in [-0.4, -0.2) is 29.9 Å². The quantitative estimate of drug-likeness (QED) is 0.898. The van der Waals surface area contributed by atoms with Gasteiger partial charge in [0.2, 0.25) is 5.91 Å². The van der Waals surface area contributed by atoms with Crippen LogP contribution >= 0.6 is 0 Å². The van der Waals surface area contributed by atoms with Crippen LogP contribution in [0, 0.1) is 12.7 Å². The average molecular weight is 278 g/mol. The minimum absolute atomic E-state index is 0.0762. The van der Waals surface area contributed by atoms with Gasteiger partial charge in [-0.15, -0.1) is 0 Å². The van der Waals surface area contributed by atoms with Gasteiger partial charge in [-0.2, -0.15) is 0 Å². The van der Waals surface area contributed by atoms with Crippen LogP contribution in [0.15, 0.2) is 18.2 Å². The summed E-state index contributed by atoms with van der Waals surface area (Å²) in [6, 6.07) is 5.07. The fourth-order valence-electron chi connectivity index (χ4n) is 2.64. The van der Waals surface area contributed by atoms with Gasteiger partial charge in [0.15, 0.2) is 0 Å². The van der Waals surface area contributed by atoms with Crippen molar-refractivity contribution in [2.75, 3.05) is 13.1 Å². The largest absolute Gasteiger partial charge is 0.335 e. The molecule has 0 spiro atoms. The highest BCUT2D eigenvalue weighted by Crippen LogP contribution is 2.26. The van der Waals surface area contributed by atoms with E-state index in [0.717, 1.165) is 31.5 Å². The zero-order valence-corrected chi connectivity index (χ0v) is 12.4. The third-order valence-corrected chi connectivity index (χ3v) is 4.03. The van der Waals surface area contributed by atoms with E-state index in [1.54, 1.807) is 19.1 Å². The number of halogens is 1. The predicted molar refractivity (Wildman–Crippen MR) is 78.0 cm³/mol. The lowest BCUT2D eigenvalue weighted by Crippen LogP contribution is -2.39. The summed E-state index contributed by atoms with van der Waals surface area (Å²) in [5.74, 6) is -0.0754. The molecule has 20 heavy (non-hydrogen) atoms. The van der Waals surface area contributed by atoms with Crippen molar-refractivity contribution in [1.29, 1.82) is 0 Å². The van der Waals surface area contributed by atoms with Crippen molar-refractivity contribution >= 4 is 5.91 Å². The molecule has 0 radical (unpaired) electrons. The van der Waals surface area contributed by atoms with Crippen molar-refractivity contribution in [2.24, 2.45) is 0 Å². The van der Waals surface area contributed by atoms with Gasteiger partial charge < -0.3 is 10.2 Å². The third-order valence-electron chi connectivity index (χ3n) is 4.03. The Morgan fingerprint density at radius 3 is 2.90 bits per heavy atom. The van der Waals surface area contributed by atoms with Gasteiger partial charge in [-0.05, 0) is 50.4 Å². The Balaban J connectivity index is 2.07. The van der Waals surface area contributed by atoms with Crippen molar-refractivity contribution in [3.8, 4) is 0 Å². The lowest BCUT2D eigenvalue weighted by molar-refractivity contribution is -0.131. The highest BCUT2D eigenvalue weighted by Gasteiger charge is 2.34. The minimum atomic E-state index is -0.207. The van der Waals surface area contributed by atoms with Crippen LogP contribution in [0.4, 0.5) is 4.39 Å². The number of rotatable bonds is 5. The number of hydrogen-bond donors (Lipinski definition) is 1. The topological polar surface area (TPSA) is 32.3 Å². The third kappa shape index (κ3) is 3.01. The maximum Gasteiger partial charge on any atom is 0.240 e. The van der Waals surface area contributed by atoms with Gasteiger partial charge >= 0.3 is 0 Å². The fourth-order valence-corrected chi connectivity index (χ4v) is 2.64. The summed E-state index contributed by atoms with van der Waals surface area (Å²) in [6.07, 6.45) is 1.85. The molecule has 3 nitrogen and oxygen atoms in total. The Labute approximate surface area is 120 Å². The van der Waals surface area contributed by atoms with Gasteiger partial charge in [-0.3, -0.25) is 4.79 Å². The zero-order chi connectivity index (χ0) is 14.7. The second-order valence-electron chi connectivity index (χ2n) is 5.51. The summed E-state index contributed by atoms with van der Waals surface area (Å²) in [4.78, 5) is 14.2. The molecule has 1 N–H and O–H groups in total. The first-order chi connectivity index (χ1) is 9.54. The number of likely N-dealkylation sites (tertiary alicyclic amines) is 1. The van der Waals surface area contributed by atoms with Crippen LogP contribution < -0.4 is 5.32 Å². The molecule has 1 aliphatic rings. The number of nitrogens with zero attached hydrogens (tertiary/aromatic N) is 1. The Kier molecular flexibility index (Phi) is 4.76. The van der Waals surface area contributed by atoms with E-state index in [4.69, 9.17) is 0 Å². The highest BCUT2D eigenvalue weighted by molar-refractivity contribution is 5.84. The number of carbonyl (C=O) groups is 1. The molecule has 110 valence electrons. The molecule has 1 amide bonds. The van der Waals surface area contributed by atoms with Crippen molar-refractivity contribution in [1.82, 2.24) is 10.2 Å². The van der Waals surface area contributed by atoms with Crippen molar-refractivity contribution < 1.29 is 9.18 Å². The summed E-state index contributed by atoms with van der Waals surface area (Å²) in [5.41, 5.74) is 1.49. The molecule has 1 aromatic rings. The van der Waals surface area contributed by atoms with Crippen molar-refractivity contribution in [3.05, 3.63) is 35.1 Å². The minimum Gasteiger partial charge on any atom is -0.335 e. The van der Waals surface area contributed by atoms with Crippen LogP contribution in [-0.2, 0) is 4.79 Å². The molecule has 1 heterocycles. The Morgan fingerprint density at radius 2 is 2.25 bits per heavy atom. The number of hydrogen-bond acceptors (Lipinski definition) is 2. The number of nitrogens with one attached hydrogen (secondary N) is 1. The normalized spacial score (nSPS) is 20.5. The first-order valence-corrected chi connectivity index (χ1v) is 7.34. The molecule has 4 heteroatoms. The smallest absolute Gasteiger partial charge is 0.240 e. The molecule has 1 aliphatic heterocycles. The van der Waals surface area contributed by atoms with Gasteiger partial charge in [-0.25, -0.2) is 4.39 Å². The van der Waals surface area contributed by atoms with E-state index in [-0.39, 0.29) is 23.8 Å². The fraction of sp³-hybridized carbons (Fsp3) is 0.562. The number of amides is 1. The summed E-state index contributed by atoms with van der Waals surface area (Å²) in [6.45, 7) is 7.39. The van der Waals surface area contributed by atoms with E-state index in [9.17, 15) is 9.18 Å². The van der Waals surface area contributed by atoms with Crippen LogP contribution in [0.2, 0.25) is 0 Å². The average Bonchev–Trinajstić information content (AvgIpc) is 2.80. The predicted octanol–water partition coefficient (Wildman–Crippen LogP) is 2.80. The molecule has 2 unspecified atom stereocenters. The summed E-state index contributed by atoms with van der Waals surface area (Å²) in [5, 5.41) is 3.27. The van der Waals surface area contributed by atoms with Crippen LogP contribution in [0.25, 0.3) is 0 Å². The second-order valence-corrected chi connectivity index (χ2v) is 5.51. The molecule has 1 saturated heterocycles. The van der Waals surface area contributed by atoms with E-state index in [0.29, 0.717) is 5.56 Å². The van der Waals surface area contributed by atoms with Gasteiger partial charge in [0.1, 0.15) is 5.82 Å². The Hall–Kier alpha value is -1.42. The van der Waals surface area contributed by atoms with Crippen LogP contribution in [0.5, 0.6) is 0 Å². The van der Waals surface area contributed by atoms with E-state index in [1.807, 2.05) is 17.9 Å². The van der Waals surface area contributed by atoms with Crippen molar-refractivity contribution in [3.63, 3.8) is 0 Å². The molecular weight excluding hydrogens is 255 g/mol. The second kappa shape index (κ2) is 6.35. The SMILES string of the molecule is CCCNC1CCN(C(C)c2ccc(C)c(F)c2)C1=O. The summed E-state index contributed by atoms with van der Waals surface area (Å²) >= 11 is 0. The molecule has 1 aromatic carbocycles. The highest BCUT2D eigenvalue weighted by atomic mass is 19.1. The number of benzene rings is 1. The molecule has 0 saturated carbocycles. The Bertz CT molecular complexity index is 489. The summed E-state index contributed by atoms with van der Waals surface area (Å²) in [7, 11) is 0. The van der Waals surface area contributed by atoms with Crippen molar-refractivity contribution in [2.45, 2.75) is 45.7 Å². The molecule has 1 fully saturated rings. The lowest BCUT2D eigenvalue weighted by Gasteiger charge is -2.25. The van der Waals surface area contributed by atoms with Crippen LogP contribution in [0.3, 0.4) is 0 Å². The van der Waals surface area contributed by atoms with E-state index in [1.165, 1.54) is 0 Å². The first kappa shape index (κ1) is 15.0. The molecule has 2 rings (SSSR count). The molecule has 0 bridgehead atoms. The van der Waals surface area contributed by atoms with Gasteiger partial charge in [0.05, 0.1) is 12.1 Å². The van der Waals surface area contributed by atoms with Crippen LogP contribution in [0.1, 0.15) is 43.9 Å². The van der Waals surface area contributed by atoms with Gasteiger partial charge in [0.25, 0.3) is 0 Å². The standard InChI is InChI=1S/C16H23FN2O/c1-4-8-18-15-7-9-19(16(15)20)12(3)13-6-5-11(2)14(17)10-13/h5-6,10,12,15,18H,4,7-9H2,1-3H3. The van der Waals surface area contributed by atoms with Gasteiger partial charge in [0, 0.05) is 6.54 Å².